The number of allylic oxidation sites excluding steroid dienone is 2. The first kappa shape index (κ1) is 26.3. The standard InChI is InChI=1S/C25H34ClNO4S2/c1-3-4-5-6-9-24(29)31-22-14-19(18-8-7-12-32-16-18)13-21(28)25(22)17(2)27-30-15-20-10-11-23(26)33-20/h10-11,18-19H,3-9,12-16H2,1-2H3. The van der Waals surface area contributed by atoms with E-state index in [1.807, 2.05) is 23.9 Å². The van der Waals surface area contributed by atoms with E-state index < -0.39 is 0 Å². The van der Waals surface area contributed by atoms with E-state index in [-0.39, 0.29) is 24.3 Å². The van der Waals surface area contributed by atoms with Crippen molar-refractivity contribution in [2.75, 3.05) is 11.5 Å². The summed E-state index contributed by atoms with van der Waals surface area (Å²) in [6.07, 6.45) is 7.84. The Bertz CT molecular complexity index is 874. The fourth-order valence-electron chi connectivity index (χ4n) is 4.43. The summed E-state index contributed by atoms with van der Waals surface area (Å²) in [6, 6.07) is 3.71. The molecule has 182 valence electrons. The lowest BCUT2D eigenvalue weighted by atomic mass is 9.77. The number of thiophene rings is 1. The van der Waals surface area contributed by atoms with Gasteiger partial charge in [0.25, 0.3) is 0 Å². The molecular weight excluding hydrogens is 478 g/mol. The summed E-state index contributed by atoms with van der Waals surface area (Å²) in [5, 5.41) is 4.19. The number of halogens is 1. The zero-order valence-electron chi connectivity index (χ0n) is 19.6. The number of esters is 1. The molecule has 0 bridgehead atoms. The Labute approximate surface area is 210 Å². The molecule has 0 spiro atoms. The van der Waals surface area contributed by atoms with Gasteiger partial charge in [-0.05, 0) is 61.7 Å². The van der Waals surface area contributed by atoms with Gasteiger partial charge in [-0.3, -0.25) is 9.59 Å². The number of hydrogen-bond donors (Lipinski definition) is 0. The van der Waals surface area contributed by atoms with Crippen LogP contribution in [-0.2, 0) is 25.8 Å². The largest absolute Gasteiger partial charge is 0.430 e. The van der Waals surface area contributed by atoms with Crippen molar-refractivity contribution in [3.63, 3.8) is 0 Å². The fourth-order valence-corrected chi connectivity index (χ4v) is 6.70. The first-order valence-corrected chi connectivity index (χ1v) is 14.3. The van der Waals surface area contributed by atoms with Crippen molar-refractivity contribution in [2.45, 2.75) is 78.2 Å². The number of hydrogen-bond acceptors (Lipinski definition) is 7. The number of nitrogens with zero attached hydrogens (tertiary/aromatic N) is 1. The molecule has 5 nitrogen and oxygen atoms in total. The SMILES string of the molecule is CCCCCCC(=O)OC1=C(C(C)=NOCc2ccc(Cl)s2)C(=O)CC(C2CCCSC2)C1. The van der Waals surface area contributed by atoms with Gasteiger partial charge in [-0.2, -0.15) is 11.8 Å². The minimum atomic E-state index is -0.257. The van der Waals surface area contributed by atoms with Crippen LogP contribution in [0.15, 0.2) is 28.6 Å². The van der Waals surface area contributed by atoms with Gasteiger partial charge >= 0.3 is 5.97 Å². The average Bonchev–Trinajstić information content (AvgIpc) is 3.22. The predicted octanol–water partition coefficient (Wildman–Crippen LogP) is 7.18. The molecule has 1 saturated heterocycles. The maximum absolute atomic E-state index is 13.2. The van der Waals surface area contributed by atoms with Gasteiger partial charge in [-0.15, -0.1) is 11.3 Å². The predicted molar refractivity (Wildman–Crippen MR) is 137 cm³/mol. The lowest BCUT2D eigenvalue weighted by molar-refractivity contribution is -0.140. The number of carbonyl (C=O) groups is 2. The van der Waals surface area contributed by atoms with Gasteiger partial charge in [0.2, 0.25) is 0 Å². The monoisotopic (exact) mass is 511 g/mol. The van der Waals surface area contributed by atoms with Crippen molar-refractivity contribution < 1.29 is 19.2 Å². The van der Waals surface area contributed by atoms with E-state index in [0.29, 0.717) is 46.6 Å². The van der Waals surface area contributed by atoms with E-state index in [2.05, 4.69) is 12.1 Å². The number of oxime groups is 1. The van der Waals surface area contributed by atoms with Gasteiger partial charge < -0.3 is 9.57 Å². The lowest BCUT2D eigenvalue weighted by Crippen LogP contribution is -2.31. The van der Waals surface area contributed by atoms with Crippen molar-refractivity contribution >= 4 is 52.2 Å². The smallest absolute Gasteiger partial charge is 0.310 e. The van der Waals surface area contributed by atoms with Crippen molar-refractivity contribution in [1.29, 1.82) is 0 Å². The summed E-state index contributed by atoms with van der Waals surface area (Å²) in [5.74, 6) is 3.20. The van der Waals surface area contributed by atoms with Crippen LogP contribution in [0, 0.1) is 11.8 Å². The van der Waals surface area contributed by atoms with Crippen LogP contribution in [-0.4, -0.2) is 29.0 Å². The topological polar surface area (TPSA) is 65.0 Å². The Balaban J connectivity index is 1.73. The summed E-state index contributed by atoms with van der Waals surface area (Å²) in [7, 11) is 0. The Morgan fingerprint density at radius 2 is 2.06 bits per heavy atom. The molecule has 1 aliphatic heterocycles. The molecule has 1 aromatic rings. The maximum Gasteiger partial charge on any atom is 0.310 e. The van der Waals surface area contributed by atoms with Gasteiger partial charge in [0, 0.05) is 24.1 Å². The normalized spacial score (nSPS) is 21.9. The highest BCUT2D eigenvalue weighted by atomic mass is 35.5. The second-order valence-electron chi connectivity index (χ2n) is 8.81. The highest BCUT2D eigenvalue weighted by molar-refractivity contribution is 7.99. The van der Waals surface area contributed by atoms with E-state index in [4.69, 9.17) is 21.2 Å². The van der Waals surface area contributed by atoms with Crippen molar-refractivity contribution in [2.24, 2.45) is 17.0 Å². The number of unbranched alkanes of at least 4 members (excludes halogenated alkanes) is 3. The van der Waals surface area contributed by atoms with Crippen LogP contribution in [0.2, 0.25) is 4.34 Å². The van der Waals surface area contributed by atoms with Crippen molar-refractivity contribution in [3.05, 3.63) is 32.7 Å². The maximum atomic E-state index is 13.2. The minimum Gasteiger partial charge on any atom is -0.430 e. The van der Waals surface area contributed by atoms with Gasteiger partial charge in [-0.25, -0.2) is 0 Å². The Morgan fingerprint density at radius 3 is 2.76 bits per heavy atom. The third-order valence-corrected chi connectivity index (χ3v) is 8.63. The second-order valence-corrected chi connectivity index (χ2v) is 11.8. The van der Waals surface area contributed by atoms with Gasteiger partial charge in [0.05, 0.1) is 15.6 Å². The van der Waals surface area contributed by atoms with Gasteiger partial charge in [0.15, 0.2) is 12.4 Å². The third kappa shape index (κ3) is 8.15. The van der Waals surface area contributed by atoms with Crippen LogP contribution in [0.5, 0.6) is 0 Å². The Hall–Kier alpha value is -1.31. The van der Waals surface area contributed by atoms with E-state index in [1.54, 1.807) is 6.92 Å². The molecule has 0 N–H and O–H groups in total. The lowest BCUT2D eigenvalue weighted by Gasteiger charge is -2.33. The van der Waals surface area contributed by atoms with E-state index in [0.717, 1.165) is 42.7 Å². The summed E-state index contributed by atoms with van der Waals surface area (Å²) < 4.78 is 6.52. The zero-order valence-corrected chi connectivity index (χ0v) is 22.0. The second kappa shape index (κ2) is 13.5. The van der Waals surface area contributed by atoms with Crippen LogP contribution in [0.25, 0.3) is 0 Å². The van der Waals surface area contributed by atoms with Crippen LogP contribution in [0.3, 0.4) is 0 Å². The molecule has 0 aromatic carbocycles. The molecule has 2 unspecified atom stereocenters. The number of rotatable bonds is 11. The van der Waals surface area contributed by atoms with E-state index in [9.17, 15) is 9.59 Å². The average molecular weight is 512 g/mol. The highest BCUT2D eigenvalue weighted by Gasteiger charge is 2.36. The van der Waals surface area contributed by atoms with Gasteiger partial charge in [0.1, 0.15) is 5.76 Å². The third-order valence-electron chi connectivity index (χ3n) is 6.19. The first-order valence-electron chi connectivity index (χ1n) is 11.9. The van der Waals surface area contributed by atoms with E-state index in [1.165, 1.54) is 23.5 Å². The molecule has 0 radical (unpaired) electrons. The molecule has 0 amide bonds. The molecule has 1 fully saturated rings. The van der Waals surface area contributed by atoms with Crippen LogP contribution in [0.1, 0.15) is 76.5 Å². The molecule has 33 heavy (non-hydrogen) atoms. The quantitative estimate of drug-likeness (QED) is 0.136. The first-order chi connectivity index (χ1) is 16.0. The Morgan fingerprint density at radius 1 is 1.21 bits per heavy atom. The van der Waals surface area contributed by atoms with Crippen molar-refractivity contribution in [1.82, 2.24) is 0 Å². The van der Waals surface area contributed by atoms with Crippen LogP contribution < -0.4 is 0 Å². The fraction of sp³-hybridized carbons (Fsp3) is 0.640. The van der Waals surface area contributed by atoms with Crippen LogP contribution >= 0.6 is 34.7 Å². The number of thioether (sulfide) groups is 1. The minimum absolute atomic E-state index is 0.000348. The van der Waals surface area contributed by atoms with Crippen molar-refractivity contribution in [3.8, 4) is 0 Å². The summed E-state index contributed by atoms with van der Waals surface area (Å²) >= 11 is 9.36. The molecule has 3 rings (SSSR count). The molecule has 2 heterocycles. The van der Waals surface area contributed by atoms with Crippen LogP contribution in [0.4, 0.5) is 0 Å². The molecular formula is C25H34ClNO4S2. The molecule has 1 aromatic heterocycles. The Kier molecular flexibility index (Phi) is 10.8. The highest BCUT2D eigenvalue weighted by Crippen LogP contribution is 2.39. The molecule has 2 aliphatic rings. The molecule has 0 saturated carbocycles. The molecule has 2 atom stereocenters. The number of Topliss-reactive ketones (excluding diaryl/α,β-unsaturated/α-hetero) is 1. The summed E-state index contributed by atoms with van der Waals surface area (Å²) in [6.45, 7) is 4.18. The number of ether oxygens (including phenoxy) is 1. The van der Waals surface area contributed by atoms with Gasteiger partial charge in [-0.1, -0.05) is 42.9 Å². The summed E-state index contributed by atoms with van der Waals surface area (Å²) in [4.78, 5) is 32.2. The summed E-state index contributed by atoms with van der Waals surface area (Å²) in [5.41, 5.74) is 0.883. The number of carbonyl (C=O) groups excluding carboxylic acids is 2. The van der Waals surface area contributed by atoms with E-state index >= 15 is 0 Å². The molecule has 8 heteroatoms. The molecule has 1 aliphatic carbocycles. The number of ketones is 1. The zero-order chi connectivity index (χ0) is 23.6.